The molecule has 2 heterocycles. The molecular weight excluding hydrogens is 561 g/mol. The number of esters is 1. The van der Waals surface area contributed by atoms with Gasteiger partial charge in [0, 0.05) is 12.0 Å². The topological polar surface area (TPSA) is 160 Å². The average Bonchev–Trinajstić information content (AvgIpc) is 3.36. The number of anilines is 1. The van der Waals surface area contributed by atoms with Crippen molar-refractivity contribution in [3.05, 3.63) is 60.4 Å². The van der Waals surface area contributed by atoms with Crippen molar-refractivity contribution in [2.24, 2.45) is 0 Å². The molecule has 0 amide bonds. The van der Waals surface area contributed by atoms with Crippen molar-refractivity contribution in [3.8, 4) is 5.75 Å². The highest BCUT2D eigenvalue weighted by Gasteiger charge is 2.39. The first-order valence-corrected chi connectivity index (χ1v) is 15.4. The van der Waals surface area contributed by atoms with Gasteiger partial charge in [0.05, 0.1) is 17.1 Å². The van der Waals surface area contributed by atoms with E-state index in [9.17, 15) is 14.5 Å². The Morgan fingerprint density at radius 3 is 2.45 bits per heavy atom. The van der Waals surface area contributed by atoms with Crippen LogP contribution in [0.25, 0.3) is 21.9 Å². The van der Waals surface area contributed by atoms with E-state index in [1.807, 2.05) is 31.2 Å². The number of benzene rings is 2. The van der Waals surface area contributed by atoms with Crippen LogP contribution in [-0.2, 0) is 35.7 Å². The van der Waals surface area contributed by atoms with Crippen molar-refractivity contribution in [2.45, 2.75) is 65.5 Å². The third-order valence-corrected chi connectivity index (χ3v) is 8.12. The van der Waals surface area contributed by atoms with Gasteiger partial charge >= 0.3 is 13.7 Å². The standard InChI is InChI=1S/C29H38N5O7P/c1-6-29(36,18-39-42(37,41-21-13-9-8-10-14-21)33-20(5)28(35)40-19(3)4)34-24(17-38-7-2)32-25-26(34)22-15-11-12-16-23(22)31-27(25)30/h8-16,19-20,36H,6-7,17-18H2,1-5H3,(H2,30,31)(H,33,37)/t20-,29?,42?/m0/s1. The Kier molecular flexibility index (Phi) is 9.85. The van der Waals surface area contributed by atoms with E-state index in [4.69, 9.17) is 24.3 Å². The number of hydrogen-bond donors (Lipinski definition) is 3. The number of imidazole rings is 1. The van der Waals surface area contributed by atoms with E-state index in [0.29, 0.717) is 34.4 Å². The fourth-order valence-electron chi connectivity index (χ4n) is 4.43. The zero-order valence-electron chi connectivity index (χ0n) is 24.4. The molecule has 12 nitrogen and oxygen atoms in total. The van der Waals surface area contributed by atoms with E-state index in [2.05, 4.69) is 15.1 Å². The summed E-state index contributed by atoms with van der Waals surface area (Å²) in [6.45, 7) is 8.49. The molecule has 0 bridgehead atoms. The predicted octanol–water partition coefficient (Wildman–Crippen LogP) is 4.89. The average molecular weight is 600 g/mol. The minimum absolute atomic E-state index is 0.0652. The molecule has 0 saturated heterocycles. The number of rotatable bonds is 14. The number of ether oxygens (including phenoxy) is 2. The van der Waals surface area contributed by atoms with Gasteiger partial charge in [0.25, 0.3) is 0 Å². The normalized spacial score (nSPS) is 15.4. The number of nitrogens with zero attached hydrogens (tertiary/aromatic N) is 3. The number of pyridine rings is 1. The SMILES string of the molecule is CCOCc1nc2c(N)nc3ccccc3c2n1C(O)(CC)COP(=O)(N[C@@H](C)C(=O)OC(C)C)Oc1ccccc1. The molecule has 42 heavy (non-hydrogen) atoms. The molecule has 13 heteroatoms. The molecule has 0 aliphatic heterocycles. The van der Waals surface area contributed by atoms with Gasteiger partial charge in [0.1, 0.15) is 36.3 Å². The number of nitrogens with one attached hydrogen (secondary N) is 1. The van der Waals surface area contributed by atoms with E-state index >= 15 is 0 Å². The van der Waals surface area contributed by atoms with Crippen molar-refractivity contribution in [1.82, 2.24) is 19.6 Å². The van der Waals surface area contributed by atoms with Crippen LogP contribution in [0, 0.1) is 0 Å². The Morgan fingerprint density at radius 2 is 1.79 bits per heavy atom. The summed E-state index contributed by atoms with van der Waals surface area (Å²) in [6, 6.07) is 14.7. The Bertz CT molecular complexity index is 1580. The Labute approximate surface area is 244 Å². The van der Waals surface area contributed by atoms with E-state index in [-0.39, 0.29) is 30.7 Å². The van der Waals surface area contributed by atoms with Crippen LogP contribution in [-0.4, -0.2) is 51.0 Å². The van der Waals surface area contributed by atoms with Gasteiger partial charge in [-0.2, -0.15) is 5.09 Å². The minimum Gasteiger partial charge on any atom is -0.462 e. The van der Waals surface area contributed by atoms with Crippen LogP contribution in [0.4, 0.5) is 5.82 Å². The van der Waals surface area contributed by atoms with Gasteiger partial charge in [-0.15, -0.1) is 0 Å². The second kappa shape index (κ2) is 13.2. The minimum atomic E-state index is -4.27. The van der Waals surface area contributed by atoms with Gasteiger partial charge in [-0.3, -0.25) is 13.9 Å². The van der Waals surface area contributed by atoms with E-state index in [1.165, 1.54) is 6.92 Å². The Hall–Kier alpha value is -3.54. The zero-order chi connectivity index (χ0) is 30.5. The van der Waals surface area contributed by atoms with Gasteiger partial charge in [-0.05, 0) is 52.3 Å². The summed E-state index contributed by atoms with van der Waals surface area (Å²) in [6.07, 6.45) is -0.262. The maximum atomic E-state index is 14.1. The molecular formula is C29H38N5O7P. The third kappa shape index (κ3) is 6.91. The quantitative estimate of drug-likeness (QED) is 0.134. The molecule has 2 aromatic heterocycles. The van der Waals surface area contributed by atoms with Crippen LogP contribution in [0.3, 0.4) is 0 Å². The highest BCUT2D eigenvalue weighted by atomic mass is 31.2. The smallest absolute Gasteiger partial charge is 0.459 e. The molecule has 4 rings (SSSR count). The van der Waals surface area contributed by atoms with Crippen LogP contribution in [0.2, 0.25) is 0 Å². The van der Waals surface area contributed by atoms with Crippen molar-refractivity contribution < 1.29 is 33.0 Å². The maximum Gasteiger partial charge on any atom is 0.459 e. The van der Waals surface area contributed by atoms with E-state index in [0.717, 1.165) is 0 Å². The van der Waals surface area contributed by atoms with Crippen molar-refractivity contribution >= 4 is 41.5 Å². The first kappa shape index (κ1) is 31.4. The van der Waals surface area contributed by atoms with Crippen molar-refractivity contribution in [3.63, 3.8) is 0 Å². The number of para-hydroxylation sites is 2. The summed E-state index contributed by atoms with van der Waals surface area (Å²) >= 11 is 0. The number of aromatic nitrogens is 3. The summed E-state index contributed by atoms with van der Waals surface area (Å²) in [5, 5.41) is 15.5. The summed E-state index contributed by atoms with van der Waals surface area (Å²) < 4.78 is 38.4. The number of carbonyl (C=O) groups is 1. The van der Waals surface area contributed by atoms with Gasteiger partial charge in [-0.25, -0.2) is 14.5 Å². The van der Waals surface area contributed by atoms with Gasteiger partial charge in [-0.1, -0.05) is 43.3 Å². The molecule has 0 radical (unpaired) electrons. The third-order valence-electron chi connectivity index (χ3n) is 6.50. The molecule has 0 aliphatic carbocycles. The first-order chi connectivity index (χ1) is 20.0. The van der Waals surface area contributed by atoms with Gasteiger partial charge in [0.15, 0.2) is 11.5 Å². The number of fused-ring (bicyclic) bond motifs is 3. The van der Waals surface area contributed by atoms with Crippen molar-refractivity contribution in [1.29, 1.82) is 0 Å². The maximum absolute atomic E-state index is 14.1. The van der Waals surface area contributed by atoms with Crippen LogP contribution in [0.1, 0.15) is 46.9 Å². The fraction of sp³-hybridized carbons (Fsp3) is 0.414. The summed E-state index contributed by atoms with van der Waals surface area (Å²) in [5.41, 5.74) is 6.04. The first-order valence-electron chi connectivity index (χ1n) is 13.8. The largest absolute Gasteiger partial charge is 0.462 e. The lowest BCUT2D eigenvalue weighted by Crippen LogP contribution is -2.41. The van der Waals surface area contributed by atoms with Crippen molar-refractivity contribution in [2.75, 3.05) is 18.9 Å². The van der Waals surface area contributed by atoms with Crippen LogP contribution >= 0.6 is 7.75 Å². The summed E-state index contributed by atoms with van der Waals surface area (Å²) in [7, 11) is -4.27. The molecule has 4 aromatic rings. The molecule has 0 saturated carbocycles. The van der Waals surface area contributed by atoms with Gasteiger partial charge < -0.3 is 24.8 Å². The van der Waals surface area contributed by atoms with E-state index in [1.54, 1.807) is 55.7 Å². The Morgan fingerprint density at radius 1 is 1.10 bits per heavy atom. The van der Waals surface area contributed by atoms with Crippen LogP contribution < -0.4 is 15.3 Å². The number of nitrogens with two attached hydrogens (primary N) is 1. The molecule has 4 N–H and O–H groups in total. The lowest BCUT2D eigenvalue weighted by Gasteiger charge is -2.32. The number of hydrogen-bond acceptors (Lipinski definition) is 10. The van der Waals surface area contributed by atoms with Crippen LogP contribution in [0.5, 0.6) is 5.75 Å². The molecule has 0 spiro atoms. The zero-order valence-corrected chi connectivity index (χ0v) is 25.3. The Balaban J connectivity index is 1.77. The lowest BCUT2D eigenvalue weighted by molar-refractivity contribution is -0.149. The number of carbonyl (C=O) groups excluding carboxylic acids is 1. The molecule has 0 fully saturated rings. The summed E-state index contributed by atoms with van der Waals surface area (Å²) in [4.78, 5) is 21.7. The molecule has 226 valence electrons. The highest BCUT2D eigenvalue weighted by Crippen LogP contribution is 2.47. The molecule has 2 aromatic carbocycles. The van der Waals surface area contributed by atoms with Crippen LogP contribution in [0.15, 0.2) is 54.6 Å². The monoisotopic (exact) mass is 599 g/mol. The predicted molar refractivity (Wildman–Crippen MR) is 160 cm³/mol. The summed E-state index contributed by atoms with van der Waals surface area (Å²) in [5.74, 6) is 0.181. The second-order valence-electron chi connectivity index (χ2n) is 10.1. The second-order valence-corrected chi connectivity index (χ2v) is 11.8. The highest BCUT2D eigenvalue weighted by molar-refractivity contribution is 7.52. The molecule has 2 unspecified atom stereocenters. The number of aliphatic hydroxyl groups is 1. The molecule has 3 atom stereocenters. The lowest BCUT2D eigenvalue weighted by atomic mass is 10.1. The number of nitrogen functional groups attached to an aromatic ring is 1. The fourth-order valence-corrected chi connectivity index (χ4v) is 5.97. The molecule has 0 aliphatic rings. The van der Waals surface area contributed by atoms with E-state index < -0.39 is 32.1 Å². The van der Waals surface area contributed by atoms with Gasteiger partial charge in [0.2, 0.25) is 0 Å².